The fraction of sp³-hybridized carbons (Fsp3) is 0.364. The first-order valence-electron chi connectivity index (χ1n) is 4.29. The van der Waals surface area contributed by atoms with E-state index >= 15 is 0 Å². The minimum Gasteiger partial charge on any atom is -0.287 e. The van der Waals surface area contributed by atoms with Crippen LogP contribution in [0.3, 0.4) is 0 Å². The van der Waals surface area contributed by atoms with Gasteiger partial charge < -0.3 is 0 Å². The van der Waals surface area contributed by atoms with Crippen LogP contribution in [0.2, 0.25) is 0 Å². The third kappa shape index (κ3) is 3.89. The number of hydrogen-bond donors (Lipinski definition) is 0. The molecular weight excluding hydrogens is 273 g/mol. The molecule has 0 aromatic heterocycles. The van der Waals surface area contributed by atoms with Crippen LogP contribution >= 0.6 is 22.6 Å². The van der Waals surface area contributed by atoms with Crippen molar-refractivity contribution in [3.63, 3.8) is 0 Å². The lowest BCUT2D eigenvalue weighted by Gasteiger charge is -2.10. The molecule has 0 radical (unpaired) electrons. The average Bonchev–Trinajstić information content (AvgIpc) is 2.01. The first-order chi connectivity index (χ1) is 5.99. The molecule has 0 aliphatic heterocycles. The Bertz CT molecular complexity index is 310. The lowest BCUT2D eigenvalue weighted by Crippen LogP contribution is -2.09. The molecule has 0 fully saturated rings. The van der Waals surface area contributed by atoms with Crippen molar-refractivity contribution in [2.45, 2.75) is 26.3 Å². The van der Waals surface area contributed by atoms with Gasteiger partial charge in [-0.05, 0) is 49.4 Å². The van der Waals surface area contributed by atoms with Crippen LogP contribution < -0.4 is 0 Å². The second-order valence-corrected chi connectivity index (χ2v) is 5.11. The summed E-state index contributed by atoms with van der Waals surface area (Å²) in [4.78, 5) is 4.46. The molecule has 1 aromatic carbocycles. The molecular formula is C11H14IN. The van der Waals surface area contributed by atoms with E-state index < -0.39 is 0 Å². The Morgan fingerprint density at radius 3 is 2.38 bits per heavy atom. The third-order valence-corrected chi connectivity index (χ3v) is 2.48. The zero-order valence-corrected chi connectivity index (χ0v) is 10.4. The Morgan fingerprint density at radius 1 is 1.23 bits per heavy atom. The average molecular weight is 287 g/mol. The van der Waals surface area contributed by atoms with Crippen LogP contribution in [-0.2, 0) is 0 Å². The standard InChI is InChI=1S/C11H14IN/c1-11(2,3)13-8-9-6-4-5-7-10(9)12/h4-8H,1-3H3/b13-8-. The van der Waals surface area contributed by atoms with Gasteiger partial charge in [-0.15, -0.1) is 0 Å². The molecule has 0 saturated carbocycles. The predicted molar refractivity (Wildman–Crippen MR) is 66.5 cm³/mol. The summed E-state index contributed by atoms with van der Waals surface area (Å²) < 4.78 is 1.24. The molecule has 0 heterocycles. The molecule has 0 amide bonds. The molecule has 0 saturated heterocycles. The van der Waals surface area contributed by atoms with Gasteiger partial charge in [0.25, 0.3) is 0 Å². The van der Waals surface area contributed by atoms with Crippen LogP contribution in [0.4, 0.5) is 0 Å². The van der Waals surface area contributed by atoms with E-state index in [1.165, 1.54) is 9.13 Å². The molecule has 70 valence electrons. The van der Waals surface area contributed by atoms with Crippen LogP contribution in [0.15, 0.2) is 29.3 Å². The molecule has 1 rings (SSSR count). The smallest absolute Gasteiger partial charge is 0.0524 e. The minimum atomic E-state index is 0.0128. The summed E-state index contributed by atoms with van der Waals surface area (Å²) in [7, 11) is 0. The fourth-order valence-electron chi connectivity index (χ4n) is 0.843. The molecule has 1 aromatic rings. The van der Waals surface area contributed by atoms with Crippen molar-refractivity contribution in [3.8, 4) is 0 Å². The van der Waals surface area contributed by atoms with E-state index in [1.54, 1.807) is 0 Å². The van der Waals surface area contributed by atoms with Crippen LogP contribution in [-0.4, -0.2) is 11.8 Å². The van der Waals surface area contributed by atoms with E-state index in [9.17, 15) is 0 Å². The van der Waals surface area contributed by atoms with Gasteiger partial charge in [-0.1, -0.05) is 18.2 Å². The van der Waals surface area contributed by atoms with Crippen molar-refractivity contribution in [1.82, 2.24) is 0 Å². The quantitative estimate of drug-likeness (QED) is 0.553. The molecule has 0 spiro atoms. The topological polar surface area (TPSA) is 12.4 Å². The maximum Gasteiger partial charge on any atom is 0.0524 e. The van der Waals surface area contributed by atoms with Crippen molar-refractivity contribution >= 4 is 28.8 Å². The van der Waals surface area contributed by atoms with Gasteiger partial charge in [-0.3, -0.25) is 4.99 Å². The summed E-state index contributed by atoms with van der Waals surface area (Å²) in [5.74, 6) is 0. The molecule has 0 aliphatic rings. The molecule has 0 atom stereocenters. The Kier molecular flexibility index (Phi) is 3.47. The van der Waals surface area contributed by atoms with Crippen molar-refractivity contribution < 1.29 is 0 Å². The summed E-state index contributed by atoms with van der Waals surface area (Å²) in [6, 6.07) is 8.24. The van der Waals surface area contributed by atoms with Crippen molar-refractivity contribution in [1.29, 1.82) is 0 Å². The molecule has 2 heteroatoms. The highest BCUT2D eigenvalue weighted by Gasteiger charge is 2.05. The van der Waals surface area contributed by atoms with E-state index in [4.69, 9.17) is 0 Å². The molecule has 0 bridgehead atoms. The lowest BCUT2D eigenvalue weighted by molar-refractivity contribution is 0.586. The summed E-state index contributed by atoms with van der Waals surface area (Å²) in [5.41, 5.74) is 1.21. The van der Waals surface area contributed by atoms with Crippen LogP contribution in [0.1, 0.15) is 26.3 Å². The van der Waals surface area contributed by atoms with Crippen LogP contribution in [0.5, 0.6) is 0 Å². The van der Waals surface area contributed by atoms with Crippen LogP contribution in [0, 0.1) is 3.57 Å². The number of nitrogens with zero attached hydrogens (tertiary/aromatic N) is 1. The zero-order chi connectivity index (χ0) is 9.90. The zero-order valence-electron chi connectivity index (χ0n) is 8.21. The monoisotopic (exact) mass is 287 g/mol. The number of hydrogen-bond acceptors (Lipinski definition) is 1. The fourth-order valence-corrected chi connectivity index (χ4v) is 1.37. The highest BCUT2D eigenvalue weighted by atomic mass is 127. The van der Waals surface area contributed by atoms with E-state index in [1.807, 2.05) is 18.3 Å². The van der Waals surface area contributed by atoms with Crippen molar-refractivity contribution in [2.24, 2.45) is 4.99 Å². The molecule has 0 unspecified atom stereocenters. The van der Waals surface area contributed by atoms with E-state index in [0.717, 1.165) is 0 Å². The molecule has 13 heavy (non-hydrogen) atoms. The Hall–Kier alpha value is -0.380. The van der Waals surface area contributed by atoms with Gasteiger partial charge in [0.05, 0.1) is 5.54 Å². The van der Waals surface area contributed by atoms with Gasteiger partial charge in [0, 0.05) is 15.3 Å². The minimum absolute atomic E-state index is 0.0128. The number of benzene rings is 1. The third-order valence-electron chi connectivity index (χ3n) is 1.50. The van der Waals surface area contributed by atoms with Gasteiger partial charge in [0.15, 0.2) is 0 Å². The highest BCUT2D eigenvalue weighted by molar-refractivity contribution is 14.1. The normalized spacial score (nSPS) is 12.3. The van der Waals surface area contributed by atoms with Crippen molar-refractivity contribution in [2.75, 3.05) is 0 Å². The SMILES string of the molecule is CC(C)(C)/N=C\c1ccccc1I. The second-order valence-electron chi connectivity index (χ2n) is 3.95. The summed E-state index contributed by atoms with van der Waals surface area (Å²) >= 11 is 2.32. The van der Waals surface area contributed by atoms with Gasteiger partial charge in [0.2, 0.25) is 0 Å². The van der Waals surface area contributed by atoms with Crippen LogP contribution in [0.25, 0.3) is 0 Å². The maximum absolute atomic E-state index is 4.46. The summed E-state index contributed by atoms with van der Waals surface area (Å²) in [6.07, 6.45) is 1.95. The number of rotatable bonds is 1. The van der Waals surface area contributed by atoms with Gasteiger partial charge in [-0.25, -0.2) is 0 Å². The first kappa shape index (κ1) is 10.7. The Labute approximate surface area is 93.4 Å². The summed E-state index contributed by atoms with van der Waals surface area (Å²) in [5, 5.41) is 0. The summed E-state index contributed by atoms with van der Waals surface area (Å²) in [6.45, 7) is 6.29. The van der Waals surface area contributed by atoms with E-state index in [2.05, 4.69) is 60.5 Å². The molecule has 0 N–H and O–H groups in total. The lowest BCUT2D eigenvalue weighted by atomic mass is 10.1. The molecule has 0 aliphatic carbocycles. The highest BCUT2D eigenvalue weighted by Crippen LogP contribution is 2.11. The Balaban J connectivity index is 2.86. The second kappa shape index (κ2) is 4.22. The van der Waals surface area contributed by atoms with Gasteiger partial charge in [0.1, 0.15) is 0 Å². The maximum atomic E-state index is 4.46. The number of halogens is 1. The molecule has 1 nitrogen and oxygen atoms in total. The predicted octanol–water partition coefficient (Wildman–Crippen LogP) is 3.51. The number of aliphatic imine (C=N–C) groups is 1. The first-order valence-corrected chi connectivity index (χ1v) is 5.37. The van der Waals surface area contributed by atoms with E-state index in [-0.39, 0.29) is 5.54 Å². The van der Waals surface area contributed by atoms with Gasteiger partial charge in [-0.2, -0.15) is 0 Å². The Morgan fingerprint density at radius 2 is 1.85 bits per heavy atom. The van der Waals surface area contributed by atoms with E-state index in [0.29, 0.717) is 0 Å². The van der Waals surface area contributed by atoms with Gasteiger partial charge >= 0.3 is 0 Å². The largest absolute Gasteiger partial charge is 0.287 e. The van der Waals surface area contributed by atoms with Crippen molar-refractivity contribution in [3.05, 3.63) is 33.4 Å².